The summed E-state index contributed by atoms with van der Waals surface area (Å²) >= 11 is 9.77. The summed E-state index contributed by atoms with van der Waals surface area (Å²) in [6, 6.07) is 13.8. The second kappa shape index (κ2) is 9.69. The fraction of sp³-hybridized carbons (Fsp3) is 0.423. The van der Waals surface area contributed by atoms with Gasteiger partial charge in [-0.15, -0.1) is 0 Å². The van der Waals surface area contributed by atoms with E-state index in [2.05, 4.69) is 37.9 Å². The Labute approximate surface area is 207 Å². The number of hydrogen-bond acceptors (Lipinski definition) is 4. The minimum Gasteiger partial charge on any atom is -0.475 e. The van der Waals surface area contributed by atoms with Crippen LogP contribution in [0, 0.1) is 11.8 Å². The zero-order chi connectivity index (χ0) is 22.9. The molecule has 1 aliphatic heterocycles. The predicted octanol–water partition coefficient (Wildman–Crippen LogP) is 6.68. The molecule has 0 bridgehead atoms. The molecular weight excluding hydrogens is 504 g/mol. The molecule has 1 aromatic heterocycles. The van der Waals surface area contributed by atoms with Crippen molar-refractivity contribution in [3.8, 4) is 0 Å². The van der Waals surface area contributed by atoms with Gasteiger partial charge >= 0.3 is 5.97 Å². The Morgan fingerprint density at radius 2 is 1.73 bits per heavy atom. The van der Waals surface area contributed by atoms with Gasteiger partial charge in [-0.25, -0.2) is 4.79 Å². The molecule has 0 amide bonds. The molecule has 0 radical (unpaired) electrons. The van der Waals surface area contributed by atoms with Gasteiger partial charge < -0.3 is 14.4 Å². The Bertz CT molecular complexity index is 1130. The number of furan rings is 1. The van der Waals surface area contributed by atoms with Crippen molar-refractivity contribution in [2.75, 3.05) is 31.1 Å². The molecule has 2 heterocycles. The summed E-state index contributed by atoms with van der Waals surface area (Å²) in [7, 11) is 0. The van der Waals surface area contributed by atoms with Gasteiger partial charge in [0.1, 0.15) is 5.58 Å². The second-order valence-electron chi connectivity index (χ2n) is 9.42. The van der Waals surface area contributed by atoms with Crippen LogP contribution < -0.4 is 4.90 Å². The summed E-state index contributed by atoms with van der Waals surface area (Å²) < 4.78 is 6.35. The number of carboxylic acid groups (broad SMARTS) is 1. The Morgan fingerprint density at radius 1 is 1.06 bits per heavy atom. The first-order valence-electron chi connectivity index (χ1n) is 11.6. The van der Waals surface area contributed by atoms with Crippen molar-refractivity contribution in [3.05, 3.63) is 63.3 Å². The van der Waals surface area contributed by atoms with Crippen LogP contribution in [-0.2, 0) is 6.54 Å². The molecule has 1 saturated heterocycles. The highest BCUT2D eigenvalue weighted by Crippen LogP contribution is 2.37. The van der Waals surface area contributed by atoms with Gasteiger partial charge in [0.15, 0.2) is 0 Å². The number of piperidine rings is 1. The minimum absolute atomic E-state index is 0.0296. The lowest BCUT2D eigenvalue weighted by Crippen LogP contribution is -2.39. The lowest BCUT2D eigenvalue weighted by atomic mass is 9.95. The highest BCUT2D eigenvalue weighted by Gasteiger charge is 2.28. The van der Waals surface area contributed by atoms with E-state index in [-0.39, 0.29) is 5.76 Å². The Hall–Kier alpha value is -2.02. The molecule has 2 aromatic carbocycles. The molecule has 174 valence electrons. The van der Waals surface area contributed by atoms with Crippen molar-refractivity contribution >= 4 is 50.2 Å². The molecule has 5 rings (SSSR count). The maximum absolute atomic E-state index is 11.3. The number of nitrogens with zero attached hydrogens (tertiary/aromatic N) is 2. The molecule has 0 unspecified atom stereocenters. The lowest BCUT2D eigenvalue weighted by molar-refractivity contribution is 0.0665. The topological polar surface area (TPSA) is 56.9 Å². The monoisotopic (exact) mass is 530 g/mol. The van der Waals surface area contributed by atoms with Gasteiger partial charge in [-0.2, -0.15) is 0 Å². The average Bonchev–Trinajstić information content (AvgIpc) is 3.50. The van der Waals surface area contributed by atoms with E-state index in [1.165, 1.54) is 24.9 Å². The molecule has 2 fully saturated rings. The average molecular weight is 532 g/mol. The van der Waals surface area contributed by atoms with Crippen molar-refractivity contribution in [1.82, 2.24) is 4.90 Å². The van der Waals surface area contributed by atoms with Crippen LogP contribution in [0.25, 0.3) is 11.0 Å². The van der Waals surface area contributed by atoms with E-state index >= 15 is 0 Å². The van der Waals surface area contributed by atoms with Gasteiger partial charge in [0.05, 0.1) is 10.2 Å². The summed E-state index contributed by atoms with van der Waals surface area (Å²) in [5, 5.41) is 10.8. The zero-order valence-electron chi connectivity index (χ0n) is 18.5. The summed E-state index contributed by atoms with van der Waals surface area (Å²) in [4.78, 5) is 16.3. The third-order valence-corrected chi connectivity index (χ3v) is 7.92. The summed E-state index contributed by atoms with van der Waals surface area (Å²) in [6.45, 7) is 5.31. The van der Waals surface area contributed by atoms with Crippen molar-refractivity contribution < 1.29 is 14.3 Å². The molecule has 5 nitrogen and oxygen atoms in total. The number of halogens is 2. The van der Waals surface area contributed by atoms with Crippen LogP contribution in [0.5, 0.6) is 0 Å². The first kappa shape index (κ1) is 22.8. The van der Waals surface area contributed by atoms with E-state index in [9.17, 15) is 9.90 Å². The van der Waals surface area contributed by atoms with Crippen LogP contribution >= 0.6 is 27.5 Å². The van der Waals surface area contributed by atoms with Crippen LogP contribution in [0.1, 0.15) is 41.8 Å². The van der Waals surface area contributed by atoms with Crippen LogP contribution in [0.2, 0.25) is 5.02 Å². The van der Waals surface area contributed by atoms with E-state index in [1.807, 2.05) is 24.3 Å². The summed E-state index contributed by atoms with van der Waals surface area (Å²) in [5.74, 6) is 0.473. The largest absolute Gasteiger partial charge is 0.475 e. The highest BCUT2D eigenvalue weighted by molar-refractivity contribution is 9.10. The van der Waals surface area contributed by atoms with Crippen LogP contribution in [0.15, 0.2) is 51.4 Å². The van der Waals surface area contributed by atoms with Crippen LogP contribution in [0.4, 0.5) is 5.69 Å². The molecule has 3 aromatic rings. The first-order chi connectivity index (χ1) is 16.0. The first-order valence-corrected chi connectivity index (χ1v) is 12.8. The number of carbonyl (C=O) groups is 1. The van der Waals surface area contributed by atoms with E-state index in [1.54, 1.807) is 6.07 Å². The van der Waals surface area contributed by atoms with Gasteiger partial charge in [-0.3, -0.25) is 4.90 Å². The molecule has 0 spiro atoms. The number of fused-ring (bicyclic) bond motifs is 1. The van der Waals surface area contributed by atoms with Gasteiger partial charge in [0.2, 0.25) is 5.76 Å². The van der Waals surface area contributed by atoms with Gasteiger partial charge in [0, 0.05) is 49.2 Å². The normalized spacial score (nSPS) is 17.2. The fourth-order valence-electron chi connectivity index (χ4n) is 4.85. The zero-order valence-corrected chi connectivity index (χ0v) is 20.8. The molecule has 1 saturated carbocycles. The molecule has 7 heteroatoms. The Balaban J connectivity index is 1.22. The molecule has 0 atom stereocenters. The van der Waals surface area contributed by atoms with Crippen molar-refractivity contribution in [3.63, 3.8) is 0 Å². The standard InChI is InChI=1S/C26H28BrClN2O3/c27-25-21-13-24(26(31)32)33-23(21)8-7-22(25)30-11-9-19(10-12-30)16-29(14-17-1-2-17)15-18-3-5-20(28)6-4-18/h3-8,13,17,19H,1-2,9-12,14-16H2,(H,31,32). The predicted molar refractivity (Wildman–Crippen MR) is 135 cm³/mol. The van der Waals surface area contributed by atoms with Crippen LogP contribution in [-0.4, -0.2) is 42.2 Å². The van der Waals surface area contributed by atoms with Crippen molar-refractivity contribution in [2.24, 2.45) is 11.8 Å². The molecule has 33 heavy (non-hydrogen) atoms. The molecule has 2 aliphatic rings. The maximum Gasteiger partial charge on any atom is 0.371 e. The number of carboxylic acids is 1. The number of aromatic carboxylic acids is 1. The number of rotatable bonds is 8. The van der Waals surface area contributed by atoms with E-state index < -0.39 is 5.97 Å². The van der Waals surface area contributed by atoms with Crippen molar-refractivity contribution in [1.29, 1.82) is 0 Å². The fourth-order valence-corrected chi connectivity index (χ4v) is 5.67. The maximum atomic E-state index is 11.3. The van der Waals surface area contributed by atoms with Crippen molar-refractivity contribution in [2.45, 2.75) is 32.2 Å². The second-order valence-corrected chi connectivity index (χ2v) is 10.7. The highest BCUT2D eigenvalue weighted by atomic mass is 79.9. The minimum atomic E-state index is -1.05. The van der Waals surface area contributed by atoms with E-state index in [0.29, 0.717) is 11.5 Å². The smallest absolute Gasteiger partial charge is 0.371 e. The molecule has 1 aliphatic carbocycles. The lowest BCUT2D eigenvalue weighted by Gasteiger charge is -2.36. The van der Waals surface area contributed by atoms with E-state index in [4.69, 9.17) is 16.0 Å². The number of hydrogen-bond donors (Lipinski definition) is 1. The Kier molecular flexibility index (Phi) is 6.68. The van der Waals surface area contributed by atoms with Gasteiger partial charge in [-0.1, -0.05) is 23.7 Å². The number of benzene rings is 2. The third-order valence-electron chi connectivity index (χ3n) is 6.83. The Morgan fingerprint density at radius 3 is 2.36 bits per heavy atom. The summed E-state index contributed by atoms with van der Waals surface area (Å²) in [5.41, 5.74) is 3.03. The SMILES string of the molecule is O=C(O)c1cc2c(Br)c(N3CCC(CN(Cc4ccc(Cl)cc4)CC4CC4)CC3)ccc2o1. The number of anilines is 1. The van der Waals surface area contributed by atoms with Gasteiger partial charge in [-0.05, 0) is 83.3 Å². The summed E-state index contributed by atoms with van der Waals surface area (Å²) in [6.07, 6.45) is 5.03. The third kappa shape index (κ3) is 5.39. The quantitative estimate of drug-likeness (QED) is 0.351. The van der Waals surface area contributed by atoms with Gasteiger partial charge in [0.25, 0.3) is 0 Å². The van der Waals surface area contributed by atoms with Crippen LogP contribution in [0.3, 0.4) is 0 Å². The van der Waals surface area contributed by atoms with E-state index in [0.717, 1.165) is 65.5 Å². The molecule has 1 N–H and O–H groups in total. The molecular formula is C26H28BrClN2O3.